The van der Waals surface area contributed by atoms with E-state index < -0.39 is 0 Å². The number of nitrogens with one attached hydrogen (secondary N) is 1. The monoisotopic (exact) mass is 249 g/mol. The van der Waals surface area contributed by atoms with Crippen molar-refractivity contribution in [1.29, 1.82) is 0 Å². The predicted octanol–water partition coefficient (Wildman–Crippen LogP) is -0.583. The van der Waals surface area contributed by atoms with E-state index in [9.17, 15) is 4.79 Å². The molecule has 0 aliphatic heterocycles. The van der Waals surface area contributed by atoms with Crippen molar-refractivity contribution in [3.63, 3.8) is 0 Å². The number of anilines is 1. The molecule has 8 heteroatoms. The molecular weight excluding hydrogens is 234 g/mol. The van der Waals surface area contributed by atoms with Crippen LogP contribution in [-0.2, 0) is 24.9 Å². The number of amides is 1. The average Bonchev–Trinajstić information content (AvgIpc) is 2.86. The van der Waals surface area contributed by atoms with E-state index in [0.717, 1.165) is 5.69 Å². The normalized spacial score (nSPS) is 10.6. The molecule has 2 rings (SSSR count). The smallest absolute Gasteiger partial charge is 0.246 e. The summed E-state index contributed by atoms with van der Waals surface area (Å²) in [6.45, 7) is 2.24. The van der Waals surface area contributed by atoms with Crippen molar-refractivity contribution in [2.45, 2.75) is 20.0 Å². The van der Waals surface area contributed by atoms with Gasteiger partial charge in [0.25, 0.3) is 0 Å². The minimum atomic E-state index is -0.181. The van der Waals surface area contributed by atoms with Gasteiger partial charge in [-0.2, -0.15) is 5.10 Å². The van der Waals surface area contributed by atoms with E-state index >= 15 is 0 Å². The lowest BCUT2D eigenvalue weighted by atomic mass is 10.4. The molecule has 0 atom stereocenters. The zero-order valence-electron chi connectivity index (χ0n) is 10.3. The van der Waals surface area contributed by atoms with Gasteiger partial charge in [0, 0.05) is 19.8 Å². The average molecular weight is 249 g/mol. The molecule has 1 amide bonds. The van der Waals surface area contributed by atoms with Crippen LogP contribution in [-0.4, -0.2) is 30.7 Å². The Balaban J connectivity index is 1.98. The van der Waals surface area contributed by atoms with E-state index in [4.69, 9.17) is 5.73 Å². The third-order valence-electron chi connectivity index (χ3n) is 2.39. The number of nitrogens with two attached hydrogens (primary N) is 1. The van der Waals surface area contributed by atoms with Crippen LogP contribution in [0.5, 0.6) is 0 Å². The molecule has 2 heterocycles. The first-order valence-electron chi connectivity index (χ1n) is 5.47. The molecule has 0 unspecified atom stereocenters. The molecule has 0 aliphatic rings. The maximum absolute atomic E-state index is 11.8. The van der Waals surface area contributed by atoms with Crippen LogP contribution in [0.25, 0.3) is 0 Å². The largest absolute Gasteiger partial charge is 0.325 e. The fraction of sp³-hybridized carbons (Fsp3) is 0.400. The Hall–Kier alpha value is -2.22. The van der Waals surface area contributed by atoms with Gasteiger partial charge in [0.15, 0.2) is 0 Å². The number of carbonyl (C=O) groups excluding carboxylic acids is 1. The van der Waals surface area contributed by atoms with Gasteiger partial charge in [-0.3, -0.25) is 9.48 Å². The summed E-state index contributed by atoms with van der Waals surface area (Å²) in [5.74, 6) is -0.181. The van der Waals surface area contributed by atoms with Gasteiger partial charge < -0.3 is 11.1 Å². The summed E-state index contributed by atoms with van der Waals surface area (Å²) >= 11 is 0. The van der Waals surface area contributed by atoms with Crippen LogP contribution in [0.15, 0.2) is 12.4 Å². The number of hydrogen-bond acceptors (Lipinski definition) is 5. The third-order valence-corrected chi connectivity index (χ3v) is 2.39. The molecule has 0 aromatic carbocycles. The van der Waals surface area contributed by atoms with Crippen molar-refractivity contribution in [3.8, 4) is 0 Å². The van der Waals surface area contributed by atoms with Gasteiger partial charge in [-0.15, -0.1) is 5.10 Å². The number of nitrogens with zero attached hydrogens (tertiary/aromatic N) is 5. The number of aromatic nitrogens is 5. The van der Waals surface area contributed by atoms with Crippen LogP contribution in [0, 0.1) is 6.92 Å². The first kappa shape index (κ1) is 12.2. The molecule has 0 spiro atoms. The number of aryl methyl sites for hydroxylation is 2. The second kappa shape index (κ2) is 4.96. The van der Waals surface area contributed by atoms with Crippen LogP contribution in [0.1, 0.15) is 11.4 Å². The van der Waals surface area contributed by atoms with Crippen molar-refractivity contribution in [2.75, 3.05) is 5.32 Å². The highest BCUT2D eigenvalue weighted by molar-refractivity contribution is 5.90. The Labute approximate surface area is 104 Å². The van der Waals surface area contributed by atoms with E-state index in [0.29, 0.717) is 17.9 Å². The molecule has 0 saturated heterocycles. The fourth-order valence-electron chi connectivity index (χ4n) is 1.57. The Bertz CT molecular complexity index is 556. The summed E-state index contributed by atoms with van der Waals surface area (Å²) < 4.78 is 3.09. The molecule has 0 radical (unpaired) electrons. The second-order valence-electron chi connectivity index (χ2n) is 3.96. The van der Waals surface area contributed by atoms with Crippen LogP contribution >= 0.6 is 0 Å². The van der Waals surface area contributed by atoms with Crippen molar-refractivity contribution in [3.05, 3.63) is 23.8 Å². The van der Waals surface area contributed by atoms with Crippen molar-refractivity contribution in [1.82, 2.24) is 24.8 Å². The summed E-state index contributed by atoms with van der Waals surface area (Å²) in [5, 5.41) is 14.5. The van der Waals surface area contributed by atoms with Crippen LogP contribution < -0.4 is 11.1 Å². The van der Waals surface area contributed by atoms with Crippen LogP contribution in [0.3, 0.4) is 0 Å². The minimum absolute atomic E-state index is 0.0985. The van der Waals surface area contributed by atoms with Gasteiger partial charge in [0.2, 0.25) is 5.91 Å². The lowest BCUT2D eigenvalue weighted by molar-refractivity contribution is -0.116. The molecule has 2 aromatic heterocycles. The highest BCUT2D eigenvalue weighted by Crippen LogP contribution is 2.11. The molecule has 18 heavy (non-hydrogen) atoms. The predicted molar refractivity (Wildman–Crippen MR) is 64.5 cm³/mol. The standard InChI is InChI=1S/C10H15N7O/c1-7-9(5-16(2)14-7)12-10(18)6-17-4-8(3-11)13-15-17/h4-5H,3,6,11H2,1-2H3,(H,12,18). The van der Waals surface area contributed by atoms with Crippen molar-refractivity contribution in [2.24, 2.45) is 12.8 Å². The summed E-state index contributed by atoms with van der Waals surface area (Å²) in [4.78, 5) is 11.8. The highest BCUT2D eigenvalue weighted by atomic mass is 16.2. The van der Waals surface area contributed by atoms with Gasteiger partial charge in [0.05, 0.1) is 23.3 Å². The lowest BCUT2D eigenvalue weighted by Gasteiger charge is -2.02. The zero-order valence-corrected chi connectivity index (χ0v) is 10.3. The maximum Gasteiger partial charge on any atom is 0.246 e. The SMILES string of the molecule is Cc1nn(C)cc1NC(=O)Cn1cc(CN)nn1. The van der Waals surface area contributed by atoms with E-state index in [-0.39, 0.29) is 12.5 Å². The molecule has 0 fully saturated rings. The molecule has 8 nitrogen and oxygen atoms in total. The quantitative estimate of drug-likeness (QED) is 0.754. The van der Waals surface area contributed by atoms with E-state index in [2.05, 4.69) is 20.7 Å². The Kier molecular flexibility index (Phi) is 3.38. The highest BCUT2D eigenvalue weighted by Gasteiger charge is 2.09. The Morgan fingerprint density at radius 2 is 2.28 bits per heavy atom. The first-order chi connectivity index (χ1) is 8.58. The molecule has 2 aromatic rings. The van der Waals surface area contributed by atoms with E-state index in [1.165, 1.54) is 4.68 Å². The van der Waals surface area contributed by atoms with E-state index in [1.54, 1.807) is 24.1 Å². The van der Waals surface area contributed by atoms with Gasteiger partial charge in [0.1, 0.15) is 6.54 Å². The number of carbonyl (C=O) groups is 1. The Morgan fingerprint density at radius 1 is 1.50 bits per heavy atom. The van der Waals surface area contributed by atoms with Gasteiger partial charge in [-0.05, 0) is 6.92 Å². The third kappa shape index (κ3) is 2.72. The second-order valence-corrected chi connectivity index (χ2v) is 3.96. The fourth-order valence-corrected chi connectivity index (χ4v) is 1.57. The number of rotatable bonds is 4. The van der Waals surface area contributed by atoms with Gasteiger partial charge in [-0.1, -0.05) is 5.21 Å². The first-order valence-corrected chi connectivity index (χ1v) is 5.47. The molecular formula is C10H15N7O. The van der Waals surface area contributed by atoms with Crippen molar-refractivity contribution >= 4 is 11.6 Å². The Morgan fingerprint density at radius 3 is 2.83 bits per heavy atom. The molecule has 3 N–H and O–H groups in total. The van der Waals surface area contributed by atoms with Crippen LogP contribution in [0.4, 0.5) is 5.69 Å². The van der Waals surface area contributed by atoms with Gasteiger partial charge in [-0.25, -0.2) is 4.68 Å². The van der Waals surface area contributed by atoms with E-state index in [1.807, 2.05) is 6.92 Å². The summed E-state index contributed by atoms with van der Waals surface area (Å²) in [5.41, 5.74) is 7.53. The number of hydrogen-bond donors (Lipinski definition) is 2. The molecule has 0 aliphatic carbocycles. The molecule has 0 bridgehead atoms. The minimum Gasteiger partial charge on any atom is -0.325 e. The van der Waals surface area contributed by atoms with Crippen LogP contribution in [0.2, 0.25) is 0 Å². The topological polar surface area (TPSA) is 104 Å². The summed E-state index contributed by atoms with van der Waals surface area (Å²) in [6, 6.07) is 0. The maximum atomic E-state index is 11.8. The van der Waals surface area contributed by atoms with Crippen molar-refractivity contribution < 1.29 is 4.79 Å². The molecule has 96 valence electrons. The van der Waals surface area contributed by atoms with Gasteiger partial charge >= 0.3 is 0 Å². The lowest BCUT2D eigenvalue weighted by Crippen LogP contribution is -2.19. The summed E-state index contributed by atoms with van der Waals surface area (Å²) in [6.07, 6.45) is 3.40. The summed E-state index contributed by atoms with van der Waals surface area (Å²) in [7, 11) is 1.80. The molecule has 0 saturated carbocycles. The zero-order chi connectivity index (χ0) is 13.1.